The summed E-state index contributed by atoms with van der Waals surface area (Å²) in [7, 11) is 3.51. The highest BCUT2D eigenvalue weighted by Gasteiger charge is 2.28. The van der Waals surface area contributed by atoms with Crippen LogP contribution in [-0.4, -0.2) is 30.8 Å². The zero-order valence-electron chi connectivity index (χ0n) is 17.2. The monoisotopic (exact) mass is 448 g/mol. The second-order valence-electron chi connectivity index (χ2n) is 7.33. The Labute approximate surface area is 191 Å². The Kier molecular flexibility index (Phi) is 6.16. The van der Waals surface area contributed by atoms with Gasteiger partial charge in [-0.2, -0.15) is 0 Å². The van der Waals surface area contributed by atoms with Crippen molar-refractivity contribution in [1.82, 2.24) is 4.90 Å². The fourth-order valence-electron chi connectivity index (χ4n) is 3.41. The van der Waals surface area contributed by atoms with Gasteiger partial charge in [0, 0.05) is 36.1 Å². The number of carbonyl (C=O) groups is 2. The van der Waals surface area contributed by atoms with E-state index in [1.165, 1.54) is 11.8 Å². The van der Waals surface area contributed by atoms with Gasteiger partial charge >= 0.3 is 0 Å². The normalized spacial score (nSPS) is 14.5. The van der Waals surface area contributed by atoms with Crippen LogP contribution < -0.4 is 4.90 Å². The zero-order valence-corrected chi connectivity index (χ0v) is 18.8. The average Bonchev–Trinajstić information content (AvgIpc) is 2.78. The third-order valence-corrected chi connectivity index (χ3v) is 6.53. The molecule has 3 aromatic rings. The number of carbonyl (C=O) groups excluding carboxylic acids is 2. The summed E-state index contributed by atoms with van der Waals surface area (Å²) in [5.41, 5.74) is 3.14. The fourth-order valence-corrected chi connectivity index (χ4v) is 4.68. The van der Waals surface area contributed by atoms with E-state index in [2.05, 4.69) is 0 Å². The van der Waals surface area contributed by atoms with E-state index in [1.807, 2.05) is 66.7 Å². The molecule has 0 N–H and O–H groups in total. The molecule has 0 radical (unpaired) electrons. The summed E-state index contributed by atoms with van der Waals surface area (Å²) < 4.78 is 0. The van der Waals surface area contributed by atoms with Crippen LogP contribution in [0, 0.1) is 0 Å². The smallest absolute Gasteiger partial charge is 0.264 e. The standard InChI is InChI=1S/C25H21ClN2O2S/c1-27(16-17-8-4-3-5-9-17)24(29)19-12-13-22-21(14-19)28(2)25(30)23(31-22)15-18-10-6-7-11-20(18)26/h3-15H,16H2,1-2H3. The maximum atomic E-state index is 13.0. The minimum Gasteiger partial charge on any atom is -0.337 e. The molecule has 31 heavy (non-hydrogen) atoms. The first-order valence-corrected chi connectivity index (χ1v) is 11.0. The van der Waals surface area contributed by atoms with Gasteiger partial charge in [0.05, 0.1) is 10.6 Å². The Morgan fingerprint density at radius 3 is 2.52 bits per heavy atom. The first-order valence-electron chi connectivity index (χ1n) is 9.79. The van der Waals surface area contributed by atoms with Crippen LogP contribution in [0.25, 0.3) is 6.08 Å². The minimum atomic E-state index is -0.125. The van der Waals surface area contributed by atoms with Crippen LogP contribution in [0.5, 0.6) is 0 Å². The highest BCUT2D eigenvalue weighted by Crippen LogP contribution is 2.42. The third-order valence-electron chi connectivity index (χ3n) is 5.10. The van der Waals surface area contributed by atoms with Crippen molar-refractivity contribution in [2.75, 3.05) is 19.0 Å². The molecule has 0 bridgehead atoms. The van der Waals surface area contributed by atoms with Crippen molar-refractivity contribution in [3.05, 3.63) is 99.4 Å². The van der Waals surface area contributed by atoms with Gasteiger partial charge in [-0.05, 0) is 41.5 Å². The molecule has 0 saturated carbocycles. The number of hydrogen-bond donors (Lipinski definition) is 0. The Bertz CT molecular complexity index is 1180. The topological polar surface area (TPSA) is 40.6 Å². The van der Waals surface area contributed by atoms with Gasteiger partial charge < -0.3 is 9.80 Å². The fraction of sp³-hybridized carbons (Fsp3) is 0.120. The summed E-state index contributed by atoms with van der Waals surface area (Å²) in [5.74, 6) is -0.213. The summed E-state index contributed by atoms with van der Waals surface area (Å²) in [6.45, 7) is 0.519. The number of amides is 2. The van der Waals surface area contributed by atoms with E-state index < -0.39 is 0 Å². The molecule has 4 rings (SSSR count). The van der Waals surface area contributed by atoms with Crippen molar-refractivity contribution in [2.24, 2.45) is 0 Å². The van der Waals surface area contributed by atoms with E-state index in [-0.39, 0.29) is 11.8 Å². The van der Waals surface area contributed by atoms with Crippen LogP contribution in [0.3, 0.4) is 0 Å². The highest BCUT2D eigenvalue weighted by molar-refractivity contribution is 8.04. The molecule has 1 aliphatic rings. The van der Waals surface area contributed by atoms with E-state index in [1.54, 1.807) is 36.0 Å². The van der Waals surface area contributed by atoms with Crippen LogP contribution in [-0.2, 0) is 11.3 Å². The minimum absolute atomic E-state index is 0.0880. The Hall–Kier alpha value is -3.02. The van der Waals surface area contributed by atoms with E-state index in [4.69, 9.17) is 11.6 Å². The van der Waals surface area contributed by atoms with Crippen molar-refractivity contribution >= 4 is 46.9 Å². The van der Waals surface area contributed by atoms with Gasteiger partial charge in [0.2, 0.25) is 0 Å². The van der Waals surface area contributed by atoms with Gasteiger partial charge in [-0.3, -0.25) is 9.59 Å². The number of halogens is 1. The molecule has 0 unspecified atom stereocenters. The molecule has 156 valence electrons. The summed E-state index contributed by atoms with van der Waals surface area (Å²) in [6.07, 6.45) is 1.81. The number of likely N-dealkylation sites (N-methyl/N-ethyl adjacent to an activating group) is 1. The number of fused-ring (bicyclic) bond motifs is 1. The number of rotatable bonds is 4. The first-order chi connectivity index (χ1) is 14.9. The van der Waals surface area contributed by atoms with Gasteiger partial charge in [0.25, 0.3) is 11.8 Å². The quantitative estimate of drug-likeness (QED) is 0.479. The molecule has 0 saturated heterocycles. The van der Waals surface area contributed by atoms with Crippen LogP contribution >= 0.6 is 23.4 Å². The highest BCUT2D eigenvalue weighted by atomic mass is 35.5. The predicted molar refractivity (Wildman–Crippen MR) is 127 cm³/mol. The lowest BCUT2D eigenvalue weighted by Crippen LogP contribution is -2.31. The molecule has 3 aromatic carbocycles. The summed E-state index contributed by atoms with van der Waals surface area (Å²) in [6, 6.07) is 22.8. The molecule has 0 spiro atoms. The van der Waals surface area contributed by atoms with Gasteiger partial charge in [0.15, 0.2) is 0 Å². The van der Waals surface area contributed by atoms with Crippen molar-refractivity contribution in [3.63, 3.8) is 0 Å². The molecule has 6 heteroatoms. The third kappa shape index (κ3) is 4.53. The first kappa shape index (κ1) is 21.2. The molecule has 2 amide bonds. The molecular formula is C25H21ClN2O2S. The van der Waals surface area contributed by atoms with Crippen molar-refractivity contribution < 1.29 is 9.59 Å². The number of nitrogens with zero attached hydrogens (tertiary/aromatic N) is 2. The van der Waals surface area contributed by atoms with Gasteiger partial charge in [-0.15, -0.1) is 0 Å². The van der Waals surface area contributed by atoms with Crippen molar-refractivity contribution in [1.29, 1.82) is 0 Å². The van der Waals surface area contributed by atoms with E-state index >= 15 is 0 Å². The second-order valence-corrected chi connectivity index (χ2v) is 8.82. The maximum Gasteiger partial charge on any atom is 0.264 e. The Morgan fingerprint density at radius 1 is 1.06 bits per heavy atom. The predicted octanol–water partition coefficient (Wildman–Crippen LogP) is 5.72. The molecule has 4 nitrogen and oxygen atoms in total. The largest absolute Gasteiger partial charge is 0.337 e. The lowest BCUT2D eigenvalue weighted by Gasteiger charge is -2.28. The van der Waals surface area contributed by atoms with Gasteiger partial charge in [-0.25, -0.2) is 0 Å². The van der Waals surface area contributed by atoms with Crippen LogP contribution in [0.4, 0.5) is 5.69 Å². The van der Waals surface area contributed by atoms with E-state index in [0.717, 1.165) is 21.7 Å². The van der Waals surface area contributed by atoms with Gasteiger partial charge in [0.1, 0.15) is 0 Å². The Balaban J connectivity index is 1.59. The lowest BCUT2D eigenvalue weighted by molar-refractivity contribution is -0.114. The zero-order chi connectivity index (χ0) is 22.0. The van der Waals surface area contributed by atoms with Crippen LogP contribution in [0.2, 0.25) is 5.02 Å². The van der Waals surface area contributed by atoms with Gasteiger partial charge in [-0.1, -0.05) is 71.9 Å². The lowest BCUT2D eigenvalue weighted by atomic mass is 10.1. The summed E-state index contributed by atoms with van der Waals surface area (Å²) in [5, 5.41) is 0.597. The number of benzene rings is 3. The van der Waals surface area contributed by atoms with Crippen molar-refractivity contribution in [2.45, 2.75) is 11.4 Å². The number of hydrogen-bond acceptors (Lipinski definition) is 3. The number of thioether (sulfide) groups is 1. The second kappa shape index (κ2) is 9.00. The summed E-state index contributed by atoms with van der Waals surface area (Å²) >= 11 is 7.64. The number of anilines is 1. The van der Waals surface area contributed by atoms with E-state index in [0.29, 0.717) is 22.0 Å². The Morgan fingerprint density at radius 2 is 1.77 bits per heavy atom. The SMILES string of the molecule is CN(Cc1ccccc1)C(=O)c1ccc2c(c1)N(C)C(=O)C(=Cc1ccccc1Cl)S2. The van der Waals surface area contributed by atoms with Crippen LogP contribution in [0.1, 0.15) is 21.5 Å². The maximum absolute atomic E-state index is 13.0. The molecule has 0 aromatic heterocycles. The average molecular weight is 449 g/mol. The van der Waals surface area contributed by atoms with E-state index in [9.17, 15) is 9.59 Å². The van der Waals surface area contributed by atoms with Crippen LogP contribution in [0.15, 0.2) is 82.6 Å². The molecular weight excluding hydrogens is 428 g/mol. The molecule has 0 atom stereocenters. The molecule has 0 aliphatic carbocycles. The molecule has 0 fully saturated rings. The molecule has 1 aliphatic heterocycles. The molecule has 1 heterocycles. The van der Waals surface area contributed by atoms with Crippen molar-refractivity contribution in [3.8, 4) is 0 Å². The summed E-state index contributed by atoms with van der Waals surface area (Å²) in [4.78, 5) is 30.7.